The Morgan fingerprint density at radius 2 is 1.89 bits per heavy atom. The SMILES string of the molecule is COc1ccc(Cl)cc1NC(=O)C(C)OC(=O)CCCOc1ccccc1. The van der Waals surface area contributed by atoms with Crippen molar-refractivity contribution < 1.29 is 23.8 Å². The van der Waals surface area contributed by atoms with E-state index in [-0.39, 0.29) is 6.42 Å². The predicted molar refractivity (Wildman–Crippen MR) is 103 cm³/mol. The Balaban J connectivity index is 1.75. The molecule has 0 aliphatic carbocycles. The molecule has 1 atom stereocenters. The van der Waals surface area contributed by atoms with Crippen LogP contribution in [0.15, 0.2) is 48.5 Å². The van der Waals surface area contributed by atoms with Crippen LogP contribution in [0, 0.1) is 0 Å². The maximum Gasteiger partial charge on any atom is 0.306 e. The van der Waals surface area contributed by atoms with Crippen molar-refractivity contribution in [2.24, 2.45) is 0 Å². The highest BCUT2D eigenvalue weighted by molar-refractivity contribution is 6.31. The Hall–Kier alpha value is -2.73. The Kier molecular flexibility index (Phi) is 7.95. The summed E-state index contributed by atoms with van der Waals surface area (Å²) in [4.78, 5) is 24.1. The van der Waals surface area contributed by atoms with Gasteiger partial charge in [0.15, 0.2) is 6.10 Å². The molecule has 1 N–H and O–H groups in total. The molecule has 0 bridgehead atoms. The van der Waals surface area contributed by atoms with Crippen LogP contribution < -0.4 is 14.8 Å². The van der Waals surface area contributed by atoms with Crippen LogP contribution in [-0.2, 0) is 14.3 Å². The zero-order valence-corrected chi connectivity index (χ0v) is 16.0. The highest BCUT2D eigenvalue weighted by atomic mass is 35.5. The summed E-state index contributed by atoms with van der Waals surface area (Å²) in [5.41, 5.74) is 0.411. The molecule has 144 valence electrons. The molecule has 2 aromatic carbocycles. The molecule has 1 amide bonds. The zero-order chi connectivity index (χ0) is 19.6. The fourth-order valence-electron chi connectivity index (χ4n) is 2.25. The van der Waals surface area contributed by atoms with E-state index in [9.17, 15) is 9.59 Å². The number of carbonyl (C=O) groups is 2. The molecule has 2 rings (SSSR count). The van der Waals surface area contributed by atoms with Crippen LogP contribution in [0.5, 0.6) is 11.5 Å². The van der Waals surface area contributed by atoms with Gasteiger partial charge in [0.1, 0.15) is 11.5 Å². The van der Waals surface area contributed by atoms with Crippen molar-refractivity contribution in [1.29, 1.82) is 0 Å². The summed E-state index contributed by atoms with van der Waals surface area (Å²) >= 11 is 5.93. The first-order valence-electron chi connectivity index (χ1n) is 8.51. The topological polar surface area (TPSA) is 73.9 Å². The van der Waals surface area contributed by atoms with Crippen molar-refractivity contribution in [1.82, 2.24) is 0 Å². The second-order valence-corrected chi connectivity index (χ2v) is 6.17. The van der Waals surface area contributed by atoms with Gasteiger partial charge in [-0.1, -0.05) is 29.8 Å². The molecular formula is C20H22ClNO5. The number of anilines is 1. The highest BCUT2D eigenvalue weighted by Crippen LogP contribution is 2.27. The lowest BCUT2D eigenvalue weighted by atomic mass is 10.2. The van der Waals surface area contributed by atoms with E-state index in [1.54, 1.807) is 18.2 Å². The number of para-hydroxylation sites is 1. The minimum Gasteiger partial charge on any atom is -0.495 e. The summed E-state index contributed by atoms with van der Waals surface area (Å²) in [5, 5.41) is 3.10. The number of rotatable bonds is 9. The van der Waals surface area contributed by atoms with Gasteiger partial charge in [-0.3, -0.25) is 9.59 Å². The van der Waals surface area contributed by atoms with E-state index in [4.69, 9.17) is 25.8 Å². The van der Waals surface area contributed by atoms with Crippen molar-refractivity contribution in [3.05, 3.63) is 53.6 Å². The Bertz CT molecular complexity index is 766. The molecule has 0 spiro atoms. The summed E-state index contributed by atoms with van der Waals surface area (Å²) in [6.45, 7) is 1.89. The summed E-state index contributed by atoms with van der Waals surface area (Å²) in [6, 6.07) is 14.2. The molecular weight excluding hydrogens is 370 g/mol. The summed E-state index contributed by atoms with van der Waals surface area (Å²) < 4.78 is 15.8. The van der Waals surface area contributed by atoms with Crippen LogP contribution in [0.25, 0.3) is 0 Å². The van der Waals surface area contributed by atoms with Crippen LogP contribution in [0.3, 0.4) is 0 Å². The molecule has 0 radical (unpaired) electrons. The van der Waals surface area contributed by atoms with Crippen molar-refractivity contribution in [3.63, 3.8) is 0 Å². The fourth-order valence-corrected chi connectivity index (χ4v) is 2.42. The monoisotopic (exact) mass is 391 g/mol. The quantitative estimate of drug-likeness (QED) is 0.515. The smallest absolute Gasteiger partial charge is 0.306 e. The first-order chi connectivity index (χ1) is 13.0. The fraction of sp³-hybridized carbons (Fsp3) is 0.300. The van der Waals surface area contributed by atoms with Crippen molar-refractivity contribution in [3.8, 4) is 11.5 Å². The van der Waals surface area contributed by atoms with E-state index < -0.39 is 18.0 Å². The van der Waals surface area contributed by atoms with Crippen LogP contribution in [0.1, 0.15) is 19.8 Å². The van der Waals surface area contributed by atoms with Gasteiger partial charge in [-0.15, -0.1) is 0 Å². The van der Waals surface area contributed by atoms with Gasteiger partial charge in [0, 0.05) is 11.4 Å². The second kappa shape index (κ2) is 10.4. The van der Waals surface area contributed by atoms with Crippen LogP contribution in [0.4, 0.5) is 5.69 Å². The average Bonchev–Trinajstić information content (AvgIpc) is 2.66. The van der Waals surface area contributed by atoms with Gasteiger partial charge in [0.25, 0.3) is 5.91 Å². The maximum absolute atomic E-state index is 12.2. The van der Waals surface area contributed by atoms with E-state index in [2.05, 4.69) is 5.32 Å². The molecule has 0 aliphatic rings. The number of amides is 1. The third kappa shape index (κ3) is 6.83. The van der Waals surface area contributed by atoms with Gasteiger partial charge in [0.05, 0.1) is 19.4 Å². The summed E-state index contributed by atoms with van der Waals surface area (Å²) in [7, 11) is 1.49. The van der Waals surface area contributed by atoms with Gasteiger partial charge in [-0.25, -0.2) is 0 Å². The normalized spacial score (nSPS) is 11.4. The molecule has 1 unspecified atom stereocenters. The molecule has 7 heteroatoms. The van der Waals surface area contributed by atoms with Gasteiger partial charge in [-0.05, 0) is 43.7 Å². The third-order valence-electron chi connectivity index (χ3n) is 3.63. The molecule has 0 aromatic heterocycles. The largest absolute Gasteiger partial charge is 0.495 e. The number of benzene rings is 2. The lowest BCUT2D eigenvalue weighted by Crippen LogP contribution is -2.30. The Morgan fingerprint density at radius 1 is 1.15 bits per heavy atom. The minimum absolute atomic E-state index is 0.158. The molecule has 0 aliphatic heterocycles. The third-order valence-corrected chi connectivity index (χ3v) is 3.87. The number of nitrogens with one attached hydrogen (secondary N) is 1. The minimum atomic E-state index is -0.948. The molecule has 0 saturated carbocycles. The van der Waals surface area contributed by atoms with Crippen LogP contribution >= 0.6 is 11.6 Å². The number of methoxy groups -OCH3 is 1. The number of hydrogen-bond acceptors (Lipinski definition) is 5. The molecule has 0 heterocycles. The van der Waals surface area contributed by atoms with E-state index in [0.717, 1.165) is 5.75 Å². The molecule has 27 heavy (non-hydrogen) atoms. The van der Waals surface area contributed by atoms with E-state index in [0.29, 0.717) is 29.5 Å². The number of ether oxygens (including phenoxy) is 3. The molecule has 0 fully saturated rings. The van der Waals surface area contributed by atoms with Crippen molar-refractivity contribution in [2.45, 2.75) is 25.9 Å². The van der Waals surface area contributed by atoms with Gasteiger partial charge in [-0.2, -0.15) is 0 Å². The predicted octanol–water partition coefficient (Wildman–Crippen LogP) is 4.08. The number of hydrogen-bond donors (Lipinski definition) is 1. The Morgan fingerprint density at radius 3 is 2.59 bits per heavy atom. The summed E-state index contributed by atoms with van der Waals surface area (Å²) in [5.74, 6) is 0.273. The average molecular weight is 392 g/mol. The van der Waals surface area contributed by atoms with E-state index in [1.807, 2.05) is 30.3 Å². The zero-order valence-electron chi connectivity index (χ0n) is 15.2. The second-order valence-electron chi connectivity index (χ2n) is 5.73. The first-order valence-corrected chi connectivity index (χ1v) is 8.89. The van der Waals surface area contributed by atoms with E-state index >= 15 is 0 Å². The molecule has 0 saturated heterocycles. The van der Waals surface area contributed by atoms with Crippen molar-refractivity contribution >= 4 is 29.2 Å². The van der Waals surface area contributed by atoms with E-state index in [1.165, 1.54) is 14.0 Å². The standard InChI is InChI=1S/C20H22ClNO5/c1-14(20(24)22-17-13-15(21)10-11-18(17)25-2)27-19(23)9-6-12-26-16-7-4-3-5-8-16/h3-5,7-8,10-11,13-14H,6,9,12H2,1-2H3,(H,22,24). The van der Waals surface area contributed by atoms with Gasteiger partial charge in [0.2, 0.25) is 0 Å². The molecule has 6 nitrogen and oxygen atoms in total. The number of esters is 1. The number of carbonyl (C=O) groups excluding carboxylic acids is 2. The lowest BCUT2D eigenvalue weighted by molar-refractivity contribution is -0.153. The lowest BCUT2D eigenvalue weighted by Gasteiger charge is -2.15. The highest BCUT2D eigenvalue weighted by Gasteiger charge is 2.19. The van der Waals surface area contributed by atoms with Gasteiger partial charge >= 0.3 is 5.97 Å². The number of halogens is 1. The van der Waals surface area contributed by atoms with Crippen LogP contribution in [-0.4, -0.2) is 31.7 Å². The summed E-state index contributed by atoms with van der Waals surface area (Å²) in [6.07, 6.45) is -0.300. The van der Waals surface area contributed by atoms with Gasteiger partial charge < -0.3 is 19.5 Å². The maximum atomic E-state index is 12.2. The Labute approximate surface area is 163 Å². The van der Waals surface area contributed by atoms with Crippen molar-refractivity contribution in [2.75, 3.05) is 19.0 Å². The first kappa shape index (κ1) is 20.6. The molecule has 2 aromatic rings. The van der Waals surface area contributed by atoms with Crippen LogP contribution in [0.2, 0.25) is 5.02 Å².